The summed E-state index contributed by atoms with van der Waals surface area (Å²) in [6.07, 6.45) is 2.78. The van der Waals surface area contributed by atoms with Crippen molar-refractivity contribution < 1.29 is 4.79 Å². The number of rotatable bonds is 5. The Morgan fingerprint density at radius 3 is 2.41 bits per heavy atom. The molecule has 0 aliphatic carbocycles. The zero-order valence-corrected chi connectivity index (χ0v) is 11.5. The van der Waals surface area contributed by atoms with Gasteiger partial charge in [-0.2, -0.15) is 0 Å². The van der Waals surface area contributed by atoms with Gasteiger partial charge in [-0.3, -0.25) is 4.79 Å². The highest BCUT2D eigenvalue weighted by Crippen LogP contribution is 2.19. The Kier molecular flexibility index (Phi) is 5.40. The van der Waals surface area contributed by atoms with Gasteiger partial charge in [0.15, 0.2) is 0 Å². The molecule has 4 heteroatoms. The number of nitrogens with one attached hydrogen (secondary N) is 1. The van der Waals surface area contributed by atoms with Crippen molar-refractivity contribution >= 4 is 5.91 Å². The summed E-state index contributed by atoms with van der Waals surface area (Å²) in [7, 11) is 0. The minimum absolute atomic E-state index is 0.155. The molecule has 0 aromatic rings. The van der Waals surface area contributed by atoms with Gasteiger partial charge in [0.25, 0.3) is 0 Å². The van der Waals surface area contributed by atoms with Crippen LogP contribution < -0.4 is 11.1 Å². The fourth-order valence-electron chi connectivity index (χ4n) is 2.29. The predicted octanol–water partition coefficient (Wildman–Crippen LogP) is 0.962. The van der Waals surface area contributed by atoms with Crippen molar-refractivity contribution in [3.05, 3.63) is 0 Å². The standard InChI is InChI=1S/C13H27N3O/c1-13(2,3)15-6-9-16-7-4-11(5-8-16)10-12(14)17/h11,15H,4-10H2,1-3H3,(H2,14,17). The second-order valence-electron chi connectivity index (χ2n) is 6.13. The molecule has 0 spiro atoms. The molecular weight excluding hydrogens is 214 g/mol. The summed E-state index contributed by atoms with van der Waals surface area (Å²) in [4.78, 5) is 13.3. The van der Waals surface area contributed by atoms with Gasteiger partial charge < -0.3 is 16.0 Å². The maximum absolute atomic E-state index is 10.8. The third-order valence-electron chi connectivity index (χ3n) is 3.28. The molecule has 17 heavy (non-hydrogen) atoms. The van der Waals surface area contributed by atoms with Gasteiger partial charge in [-0.25, -0.2) is 0 Å². The van der Waals surface area contributed by atoms with Crippen LogP contribution in [0.25, 0.3) is 0 Å². The van der Waals surface area contributed by atoms with Gasteiger partial charge in [0.05, 0.1) is 0 Å². The summed E-state index contributed by atoms with van der Waals surface area (Å²) in [6.45, 7) is 10.9. The summed E-state index contributed by atoms with van der Waals surface area (Å²) in [5.41, 5.74) is 5.42. The Morgan fingerprint density at radius 1 is 1.35 bits per heavy atom. The highest BCUT2D eigenvalue weighted by molar-refractivity contribution is 5.73. The van der Waals surface area contributed by atoms with Gasteiger partial charge in [-0.1, -0.05) is 0 Å². The molecular formula is C13H27N3O. The van der Waals surface area contributed by atoms with E-state index >= 15 is 0 Å². The maximum atomic E-state index is 10.8. The Balaban J connectivity index is 2.13. The van der Waals surface area contributed by atoms with Crippen LogP contribution >= 0.6 is 0 Å². The molecule has 0 unspecified atom stereocenters. The van der Waals surface area contributed by atoms with Crippen LogP contribution in [0.3, 0.4) is 0 Å². The number of likely N-dealkylation sites (tertiary alicyclic amines) is 1. The van der Waals surface area contributed by atoms with E-state index in [4.69, 9.17) is 5.73 Å². The molecule has 0 aromatic heterocycles. The van der Waals surface area contributed by atoms with Crippen molar-refractivity contribution in [1.82, 2.24) is 10.2 Å². The quantitative estimate of drug-likeness (QED) is 0.754. The normalized spacial score (nSPS) is 19.5. The topological polar surface area (TPSA) is 58.4 Å². The molecule has 0 aromatic carbocycles. The third-order valence-corrected chi connectivity index (χ3v) is 3.28. The first-order chi connectivity index (χ1) is 7.87. The number of hydrogen-bond donors (Lipinski definition) is 2. The molecule has 1 saturated heterocycles. The number of hydrogen-bond acceptors (Lipinski definition) is 3. The van der Waals surface area contributed by atoms with Crippen LogP contribution in [0.5, 0.6) is 0 Å². The van der Waals surface area contributed by atoms with E-state index in [1.807, 2.05) is 0 Å². The summed E-state index contributed by atoms with van der Waals surface area (Å²) in [5, 5.41) is 3.50. The van der Waals surface area contributed by atoms with Crippen LogP contribution in [0, 0.1) is 5.92 Å². The molecule has 0 saturated carbocycles. The summed E-state index contributed by atoms with van der Waals surface area (Å²) < 4.78 is 0. The first kappa shape index (κ1) is 14.5. The van der Waals surface area contributed by atoms with Gasteiger partial charge in [-0.05, 0) is 52.6 Å². The molecule has 0 bridgehead atoms. The molecule has 0 radical (unpaired) electrons. The van der Waals surface area contributed by atoms with Gasteiger partial charge >= 0.3 is 0 Å². The highest BCUT2D eigenvalue weighted by atomic mass is 16.1. The predicted molar refractivity (Wildman–Crippen MR) is 70.7 cm³/mol. The monoisotopic (exact) mass is 241 g/mol. The number of piperidine rings is 1. The molecule has 1 fully saturated rings. The van der Waals surface area contributed by atoms with E-state index in [-0.39, 0.29) is 11.4 Å². The van der Waals surface area contributed by atoms with E-state index in [1.165, 1.54) is 0 Å². The van der Waals surface area contributed by atoms with E-state index < -0.39 is 0 Å². The number of nitrogens with zero attached hydrogens (tertiary/aromatic N) is 1. The van der Waals surface area contributed by atoms with Crippen LogP contribution in [-0.4, -0.2) is 42.5 Å². The van der Waals surface area contributed by atoms with Crippen LogP contribution in [0.15, 0.2) is 0 Å². The second kappa shape index (κ2) is 6.36. The van der Waals surface area contributed by atoms with Crippen molar-refractivity contribution in [2.75, 3.05) is 26.2 Å². The Morgan fingerprint density at radius 2 is 1.94 bits per heavy atom. The lowest BCUT2D eigenvalue weighted by molar-refractivity contribution is -0.119. The van der Waals surface area contributed by atoms with Gasteiger partial charge in [0.1, 0.15) is 0 Å². The number of carbonyl (C=O) groups is 1. The zero-order valence-electron chi connectivity index (χ0n) is 11.5. The lowest BCUT2D eigenvalue weighted by Gasteiger charge is -2.32. The SMILES string of the molecule is CC(C)(C)NCCN1CCC(CC(N)=O)CC1. The fourth-order valence-corrected chi connectivity index (χ4v) is 2.29. The van der Waals surface area contributed by atoms with E-state index in [1.54, 1.807) is 0 Å². The Hall–Kier alpha value is -0.610. The summed E-state index contributed by atoms with van der Waals surface area (Å²) in [5.74, 6) is 0.358. The molecule has 1 aliphatic heterocycles. The first-order valence-electron chi connectivity index (χ1n) is 6.62. The van der Waals surface area contributed by atoms with E-state index in [0.717, 1.165) is 39.0 Å². The van der Waals surface area contributed by atoms with Crippen molar-refractivity contribution in [1.29, 1.82) is 0 Å². The van der Waals surface area contributed by atoms with Gasteiger partial charge in [0, 0.05) is 25.0 Å². The first-order valence-corrected chi connectivity index (χ1v) is 6.62. The summed E-state index contributed by atoms with van der Waals surface area (Å²) in [6, 6.07) is 0. The lowest BCUT2D eigenvalue weighted by Crippen LogP contribution is -2.43. The molecule has 100 valence electrons. The van der Waals surface area contributed by atoms with E-state index in [2.05, 4.69) is 31.0 Å². The second-order valence-corrected chi connectivity index (χ2v) is 6.13. The number of nitrogens with two attached hydrogens (primary N) is 1. The van der Waals surface area contributed by atoms with Crippen LogP contribution in [0.2, 0.25) is 0 Å². The molecule has 1 heterocycles. The Labute approximate surface area is 105 Å². The highest BCUT2D eigenvalue weighted by Gasteiger charge is 2.20. The minimum Gasteiger partial charge on any atom is -0.370 e. The number of carbonyl (C=O) groups excluding carboxylic acids is 1. The molecule has 1 aliphatic rings. The van der Waals surface area contributed by atoms with Crippen molar-refractivity contribution in [3.63, 3.8) is 0 Å². The van der Waals surface area contributed by atoms with Crippen molar-refractivity contribution in [2.24, 2.45) is 11.7 Å². The molecule has 0 atom stereocenters. The minimum atomic E-state index is -0.155. The molecule has 4 nitrogen and oxygen atoms in total. The molecule has 1 amide bonds. The van der Waals surface area contributed by atoms with Crippen molar-refractivity contribution in [2.45, 2.75) is 45.6 Å². The van der Waals surface area contributed by atoms with E-state index in [9.17, 15) is 4.79 Å². The number of primary amides is 1. The average Bonchev–Trinajstić information content (AvgIpc) is 2.18. The largest absolute Gasteiger partial charge is 0.370 e. The molecule has 3 N–H and O–H groups in total. The summed E-state index contributed by atoms with van der Waals surface area (Å²) >= 11 is 0. The zero-order chi connectivity index (χ0) is 12.9. The van der Waals surface area contributed by atoms with Gasteiger partial charge in [-0.15, -0.1) is 0 Å². The number of amides is 1. The fraction of sp³-hybridized carbons (Fsp3) is 0.923. The van der Waals surface area contributed by atoms with Gasteiger partial charge in [0.2, 0.25) is 5.91 Å². The van der Waals surface area contributed by atoms with Crippen LogP contribution in [0.1, 0.15) is 40.0 Å². The third kappa shape index (κ3) is 6.64. The van der Waals surface area contributed by atoms with Crippen molar-refractivity contribution in [3.8, 4) is 0 Å². The maximum Gasteiger partial charge on any atom is 0.217 e. The van der Waals surface area contributed by atoms with Crippen LogP contribution in [-0.2, 0) is 4.79 Å². The Bertz CT molecular complexity index is 240. The van der Waals surface area contributed by atoms with Crippen LogP contribution in [0.4, 0.5) is 0 Å². The smallest absolute Gasteiger partial charge is 0.217 e. The lowest BCUT2D eigenvalue weighted by atomic mass is 9.93. The van der Waals surface area contributed by atoms with E-state index in [0.29, 0.717) is 12.3 Å². The average molecular weight is 241 g/mol. The molecule has 1 rings (SSSR count).